The van der Waals surface area contributed by atoms with Crippen LogP contribution in [0.1, 0.15) is 31.1 Å². The van der Waals surface area contributed by atoms with E-state index in [2.05, 4.69) is 5.32 Å². The van der Waals surface area contributed by atoms with Crippen LogP contribution in [0.4, 0.5) is 0 Å². The topological polar surface area (TPSA) is 54.3 Å². The number of aliphatic hydroxyl groups excluding tert-OH is 1. The van der Waals surface area contributed by atoms with Crippen LogP contribution in [0.3, 0.4) is 0 Å². The van der Waals surface area contributed by atoms with Gasteiger partial charge in [0.1, 0.15) is 0 Å². The minimum atomic E-state index is -0.568. The standard InChI is InChI=1S/C16H22N2O2/c1-16(2,3)14(19)10-17-15(20)12-6-5-7-13-11(12)8-9-18(13)4/h5-9,14,19H,10H2,1-4H3,(H,17,20). The Labute approximate surface area is 119 Å². The lowest BCUT2D eigenvalue weighted by molar-refractivity contribution is 0.0587. The number of carbonyl (C=O) groups excluding carboxylic acids is 1. The Balaban J connectivity index is 2.16. The van der Waals surface area contributed by atoms with E-state index in [1.165, 1.54) is 0 Å². The Bertz CT molecular complexity index is 623. The maximum atomic E-state index is 12.3. The van der Waals surface area contributed by atoms with Crippen molar-refractivity contribution in [3.05, 3.63) is 36.0 Å². The van der Waals surface area contributed by atoms with Gasteiger partial charge in [0.05, 0.1) is 6.10 Å². The number of nitrogens with one attached hydrogen (secondary N) is 1. The molecule has 0 fully saturated rings. The van der Waals surface area contributed by atoms with Crippen molar-refractivity contribution in [3.63, 3.8) is 0 Å². The van der Waals surface area contributed by atoms with Crippen molar-refractivity contribution in [3.8, 4) is 0 Å². The summed E-state index contributed by atoms with van der Waals surface area (Å²) in [5.74, 6) is -0.148. The smallest absolute Gasteiger partial charge is 0.252 e. The van der Waals surface area contributed by atoms with Gasteiger partial charge in [0, 0.05) is 36.3 Å². The first-order chi connectivity index (χ1) is 9.30. The number of fused-ring (bicyclic) bond motifs is 1. The van der Waals surface area contributed by atoms with E-state index in [0.29, 0.717) is 5.56 Å². The number of carbonyl (C=O) groups is 1. The second-order valence-corrected chi connectivity index (χ2v) is 6.26. The van der Waals surface area contributed by atoms with Crippen LogP contribution in [0.5, 0.6) is 0 Å². The summed E-state index contributed by atoms with van der Waals surface area (Å²) in [6.45, 7) is 6.09. The first-order valence-corrected chi connectivity index (χ1v) is 6.81. The summed E-state index contributed by atoms with van der Waals surface area (Å²) in [5.41, 5.74) is 1.42. The van der Waals surface area contributed by atoms with Crippen LogP contribution in [0.15, 0.2) is 30.5 Å². The predicted octanol–water partition coefficient (Wildman–Crippen LogP) is 2.32. The van der Waals surface area contributed by atoms with Crippen molar-refractivity contribution >= 4 is 16.8 Å². The van der Waals surface area contributed by atoms with Crippen molar-refractivity contribution in [2.45, 2.75) is 26.9 Å². The molecule has 2 N–H and O–H groups in total. The van der Waals surface area contributed by atoms with Crippen LogP contribution in [-0.2, 0) is 7.05 Å². The van der Waals surface area contributed by atoms with Gasteiger partial charge in [-0.15, -0.1) is 0 Å². The highest BCUT2D eigenvalue weighted by Gasteiger charge is 2.23. The van der Waals surface area contributed by atoms with Gasteiger partial charge < -0.3 is 15.0 Å². The number of aryl methyl sites for hydroxylation is 1. The number of aromatic nitrogens is 1. The Kier molecular flexibility index (Phi) is 3.86. The molecule has 1 aromatic heterocycles. The third kappa shape index (κ3) is 2.85. The quantitative estimate of drug-likeness (QED) is 0.902. The van der Waals surface area contributed by atoms with Gasteiger partial charge >= 0.3 is 0 Å². The SMILES string of the molecule is Cn1ccc2c(C(=O)NCC(O)C(C)(C)C)cccc21. The zero-order valence-electron chi connectivity index (χ0n) is 12.5. The molecule has 4 nitrogen and oxygen atoms in total. The monoisotopic (exact) mass is 274 g/mol. The first kappa shape index (κ1) is 14.6. The van der Waals surface area contributed by atoms with Crippen LogP contribution in [0, 0.1) is 5.41 Å². The van der Waals surface area contributed by atoms with Crippen molar-refractivity contribution in [2.24, 2.45) is 12.5 Å². The molecule has 0 radical (unpaired) electrons. The molecule has 2 rings (SSSR count). The number of hydrogen-bond donors (Lipinski definition) is 2. The van der Waals surface area contributed by atoms with Gasteiger partial charge in [0.15, 0.2) is 0 Å². The van der Waals surface area contributed by atoms with E-state index in [9.17, 15) is 9.90 Å². The minimum Gasteiger partial charge on any atom is -0.391 e. The first-order valence-electron chi connectivity index (χ1n) is 6.81. The Morgan fingerprint density at radius 1 is 1.35 bits per heavy atom. The van der Waals surface area contributed by atoms with Gasteiger partial charge in [0.25, 0.3) is 5.91 Å². The van der Waals surface area contributed by atoms with Crippen molar-refractivity contribution in [2.75, 3.05) is 6.54 Å². The number of benzene rings is 1. The molecule has 1 aromatic carbocycles. The molecule has 1 amide bonds. The number of amides is 1. The number of rotatable bonds is 3. The highest BCUT2D eigenvalue weighted by atomic mass is 16.3. The summed E-state index contributed by atoms with van der Waals surface area (Å²) in [6, 6.07) is 7.60. The maximum Gasteiger partial charge on any atom is 0.252 e. The van der Waals surface area contributed by atoms with Crippen LogP contribution in [0.25, 0.3) is 10.9 Å². The third-order valence-corrected chi connectivity index (χ3v) is 3.63. The van der Waals surface area contributed by atoms with E-state index < -0.39 is 6.10 Å². The third-order valence-electron chi connectivity index (χ3n) is 3.63. The second-order valence-electron chi connectivity index (χ2n) is 6.26. The van der Waals surface area contributed by atoms with Gasteiger partial charge in [-0.3, -0.25) is 4.79 Å². The summed E-state index contributed by atoms with van der Waals surface area (Å²) in [5, 5.41) is 13.7. The van der Waals surface area contributed by atoms with E-state index >= 15 is 0 Å². The molecule has 1 heterocycles. The van der Waals surface area contributed by atoms with E-state index in [1.54, 1.807) is 6.07 Å². The zero-order valence-corrected chi connectivity index (χ0v) is 12.5. The molecular weight excluding hydrogens is 252 g/mol. The Morgan fingerprint density at radius 3 is 2.70 bits per heavy atom. The largest absolute Gasteiger partial charge is 0.391 e. The molecule has 0 aliphatic heterocycles. The van der Waals surface area contributed by atoms with E-state index in [4.69, 9.17) is 0 Å². The summed E-state index contributed by atoms with van der Waals surface area (Å²) in [7, 11) is 1.95. The summed E-state index contributed by atoms with van der Waals surface area (Å²) in [6.07, 6.45) is 1.37. The fraction of sp³-hybridized carbons (Fsp3) is 0.438. The molecule has 0 spiro atoms. The molecule has 0 aliphatic carbocycles. The molecule has 1 unspecified atom stereocenters. The molecule has 0 saturated heterocycles. The molecule has 4 heteroatoms. The average Bonchev–Trinajstić information content (AvgIpc) is 2.76. The molecular formula is C16H22N2O2. The Morgan fingerprint density at radius 2 is 2.05 bits per heavy atom. The van der Waals surface area contributed by atoms with Crippen molar-refractivity contribution < 1.29 is 9.90 Å². The maximum absolute atomic E-state index is 12.3. The van der Waals surface area contributed by atoms with Gasteiger partial charge in [-0.05, 0) is 23.6 Å². The van der Waals surface area contributed by atoms with E-state index in [-0.39, 0.29) is 17.9 Å². The van der Waals surface area contributed by atoms with E-state index in [1.807, 2.05) is 56.8 Å². The van der Waals surface area contributed by atoms with Crippen molar-refractivity contribution in [1.29, 1.82) is 0 Å². The molecule has 1 atom stereocenters. The number of nitrogens with zero attached hydrogens (tertiary/aromatic N) is 1. The minimum absolute atomic E-state index is 0.148. The van der Waals surface area contributed by atoms with Crippen molar-refractivity contribution in [1.82, 2.24) is 9.88 Å². The van der Waals surface area contributed by atoms with E-state index in [0.717, 1.165) is 10.9 Å². The van der Waals surface area contributed by atoms with Gasteiger partial charge in [0.2, 0.25) is 0 Å². The number of aliphatic hydroxyl groups is 1. The molecule has 108 valence electrons. The van der Waals surface area contributed by atoms with Gasteiger partial charge in [-0.2, -0.15) is 0 Å². The Hall–Kier alpha value is -1.81. The number of hydrogen-bond acceptors (Lipinski definition) is 2. The van der Waals surface area contributed by atoms with Crippen LogP contribution < -0.4 is 5.32 Å². The predicted molar refractivity (Wildman–Crippen MR) is 80.7 cm³/mol. The molecule has 2 aromatic rings. The molecule has 0 saturated carbocycles. The highest BCUT2D eigenvalue weighted by Crippen LogP contribution is 2.20. The van der Waals surface area contributed by atoms with Gasteiger partial charge in [-0.1, -0.05) is 26.8 Å². The fourth-order valence-electron chi connectivity index (χ4n) is 2.09. The van der Waals surface area contributed by atoms with Crippen LogP contribution in [-0.4, -0.2) is 28.2 Å². The average molecular weight is 274 g/mol. The highest BCUT2D eigenvalue weighted by molar-refractivity contribution is 6.06. The lowest BCUT2D eigenvalue weighted by Gasteiger charge is -2.25. The second kappa shape index (κ2) is 5.29. The van der Waals surface area contributed by atoms with Gasteiger partial charge in [-0.25, -0.2) is 0 Å². The summed E-state index contributed by atoms with van der Waals surface area (Å²) >= 11 is 0. The summed E-state index contributed by atoms with van der Waals surface area (Å²) in [4.78, 5) is 12.3. The molecule has 20 heavy (non-hydrogen) atoms. The lowest BCUT2D eigenvalue weighted by atomic mass is 9.89. The fourth-order valence-corrected chi connectivity index (χ4v) is 2.09. The van der Waals surface area contributed by atoms with Crippen LogP contribution >= 0.6 is 0 Å². The lowest BCUT2D eigenvalue weighted by Crippen LogP contribution is -2.39. The van der Waals surface area contributed by atoms with Crippen LogP contribution in [0.2, 0.25) is 0 Å². The normalized spacial score (nSPS) is 13.4. The molecule has 0 bridgehead atoms. The summed E-state index contributed by atoms with van der Waals surface area (Å²) < 4.78 is 1.98. The zero-order chi connectivity index (χ0) is 14.9. The molecule has 0 aliphatic rings.